The number of carbonyl (C=O) groups is 1. The van der Waals surface area contributed by atoms with Gasteiger partial charge in [0.1, 0.15) is 0 Å². The number of nitrogens with two attached hydrogens (primary N) is 1. The molecule has 5 nitrogen and oxygen atoms in total. The second-order valence-electron chi connectivity index (χ2n) is 6.59. The van der Waals surface area contributed by atoms with Crippen LogP contribution < -0.4 is 5.73 Å². The Bertz CT molecular complexity index is 286. The summed E-state index contributed by atoms with van der Waals surface area (Å²) in [6.45, 7) is 4.25. The van der Waals surface area contributed by atoms with Crippen molar-refractivity contribution in [1.29, 1.82) is 0 Å². The Morgan fingerprint density at radius 2 is 1.40 bits per heavy atom. The molecular weight excluding hydrogens is 252 g/mol. The van der Waals surface area contributed by atoms with Gasteiger partial charge in [0.2, 0.25) is 5.91 Å². The molecule has 0 unspecified atom stereocenters. The topological polar surface area (TPSA) is 52.8 Å². The van der Waals surface area contributed by atoms with Crippen LogP contribution in [0.5, 0.6) is 0 Å². The third kappa shape index (κ3) is 5.38. The number of nitrogens with zero attached hydrogens (tertiary/aromatic N) is 3. The van der Waals surface area contributed by atoms with E-state index in [1.807, 2.05) is 4.90 Å². The molecule has 0 aromatic heterocycles. The third-order valence-corrected chi connectivity index (χ3v) is 4.05. The number of rotatable bonds is 10. The Labute approximate surface area is 124 Å². The van der Waals surface area contributed by atoms with Crippen LogP contribution in [0.25, 0.3) is 0 Å². The molecule has 0 atom stereocenters. The predicted molar refractivity (Wildman–Crippen MR) is 83.6 cm³/mol. The molecule has 20 heavy (non-hydrogen) atoms. The lowest BCUT2D eigenvalue weighted by Gasteiger charge is -2.28. The van der Waals surface area contributed by atoms with E-state index in [4.69, 9.17) is 5.73 Å². The molecule has 1 rings (SSSR count). The zero-order valence-electron chi connectivity index (χ0n) is 13.7. The smallest absolute Gasteiger partial charge is 0.230 e. The fourth-order valence-corrected chi connectivity index (χ4v) is 2.46. The SMILES string of the molecule is CN(C)CCCN(CCCN(C)C)C(=O)C1(CN)CC1. The number of amides is 1. The first-order chi connectivity index (χ1) is 9.41. The van der Waals surface area contributed by atoms with Crippen molar-refractivity contribution >= 4 is 5.91 Å². The second kappa shape index (κ2) is 7.96. The van der Waals surface area contributed by atoms with Crippen LogP contribution in [0.1, 0.15) is 25.7 Å². The highest BCUT2D eigenvalue weighted by Gasteiger charge is 2.50. The summed E-state index contributed by atoms with van der Waals surface area (Å²) in [6.07, 6.45) is 4.00. The zero-order chi connectivity index (χ0) is 15.2. The lowest BCUT2D eigenvalue weighted by atomic mass is 10.1. The van der Waals surface area contributed by atoms with Crippen LogP contribution in [0.4, 0.5) is 0 Å². The van der Waals surface area contributed by atoms with Crippen molar-refractivity contribution in [1.82, 2.24) is 14.7 Å². The molecule has 0 aliphatic heterocycles. The molecule has 1 aliphatic rings. The molecule has 118 valence electrons. The molecule has 0 spiro atoms. The first kappa shape index (κ1) is 17.4. The summed E-state index contributed by atoms with van der Waals surface area (Å²) in [6, 6.07) is 0. The van der Waals surface area contributed by atoms with Crippen molar-refractivity contribution in [3.8, 4) is 0 Å². The Kier molecular flexibility index (Phi) is 6.92. The molecule has 1 fully saturated rings. The summed E-state index contributed by atoms with van der Waals surface area (Å²) in [5.41, 5.74) is 5.59. The van der Waals surface area contributed by atoms with E-state index in [1.165, 1.54) is 0 Å². The van der Waals surface area contributed by atoms with Crippen LogP contribution in [-0.4, -0.2) is 81.5 Å². The van der Waals surface area contributed by atoms with Gasteiger partial charge in [0.05, 0.1) is 5.41 Å². The molecule has 5 heteroatoms. The molecule has 1 amide bonds. The second-order valence-corrected chi connectivity index (χ2v) is 6.59. The average molecular weight is 284 g/mol. The van der Waals surface area contributed by atoms with Crippen LogP contribution >= 0.6 is 0 Å². The number of carbonyl (C=O) groups excluding carboxylic acids is 1. The molecule has 0 heterocycles. The highest BCUT2D eigenvalue weighted by molar-refractivity contribution is 5.85. The summed E-state index contributed by atoms with van der Waals surface area (Å²) in [5, 5.41) is 0. The van der Waals surface area contributed by atoms with Gasteiger partial charge in [-0.2, -0.15) is 0 Å². The lowest BCUT2D eigenvalue weighted by molar-refractivity contribution is -0.136. The van der Waals surface area contributed by atoms with Gasteiger partial charge in [-0.25, -0.2) is 0 Å². The monoisotopic (exact) mass is 284 g/mol. The molecule has 0 aromatic rings. The average Bonchev–Trinajstić information content (AvgIpc) is 3.16. The molecular formula is C15H32N4O. The minimum Gasteiger partial charge on any atom is -0.342 e. The molecule has 0 aromatic carbocycles. The first-order valence-electron chi connectivity index (χ1n) is 7.70. The minimum atomic E-state index is -0.212. The molecule has 1 aliphatic carbocycles. The van der Waals surface area contributed by atoms with Crippen molar-refractivity contribution in [2.45, 2.75) is 25.7 Å². The van der Waals surface area contributed by atoms with Crippen molar-refractivity contribution in [3.63, 3.8) is 0 Å². The standard InChI is InChI=1S/C15H32N4O/c1-17(2)9-5-11-19(12-6-10-18(3)4)14(20)15(13-16)7-8-15/h5-13,16H2,1-4H3. The van der Waals surface area contributed by atoms with E-state index < -0.39 is 0 Å². The molecule has 0 radical (unpaired) electrons. The van der Waals surface area contributed by atoms with Crippen LogP contribution in [0.2, 0.25) is 0 Å². The van der Waals surface area contributed by atoms with Crippen molar-refractivity contribution in [2.75, 3.05) is 60.9 Å². The van der Waals surface area contributed by atoms with E-state index in [0.29, 0.717) is 6.54 Å². The van der Waals surface area contributed by atoms with Gasteiger partial charge < -0.3 is 20.4 Å². The lowest BCUT2D eigenvalue weighted by Crippen LogP contribution is -2.42. The highest BCUT2D eigenvalue weighted by atomic mass is 16.2. The van der Waals surface area contributed by atoms with Crippen molar-refractivity contribution < 1.29 is 4.79 Å². The van der Waals surface area contributed by atoms with Crippen LogP contribution in [0, 0.1) is 5.41 Å². The quantitative estimate of drug-likeness (QED) is 0.633. The minimum absolute atomic E-state index is 0.212. The number of hydrogen-bond acceptors (Lipinski definition) is 4. The maximum absolute atomic E-state index is 12.6. The van der Waals surface area contributed by atoms with E-state index in [2.05, 4.69) is 38.0 Å². The zero-order valence-corrected chi connectivity index (χ0v) is 13.7. The van der Waals surface area contributed by atoms with Crippen molar-refractivity contribution in [3.05, 3.63) is 0 Å². The highest BCUT2D eigenvalue weighted by Crippen LogP contribution is 2.46. The van der Waals surface area contributed by atoms with Gasteiger partial charge in [0.25, 0.3) is 0 Å². The molecule has 0 saturated heterocycles. The van der Waals surface area contributed by atoms with Crippen LogP contribution in [0.3, 0.4) is 0 Å². The Morgan fingerprint density at radius 1 is 0.950 bits per heavy atom. The van der Waals surface area contributed by atoms with Crippen LogP contribution in [-0.2, 0) is 4.79 Å². The van der Waals surface area contributed by atoms with E-state index >= 15 is 0 Å². The van der Waals surface area contributed by atoms with E-state index in [9.17, 15) is 4.79 Å². The summed E-state index contributed by atoms with van der Waals surface area (Å²) < 4.78 is 0. The van der Waals surface area contributed by atoms with Gasteiger partial charge in [-0.1, -0.05) is 0 Å². The summed E-state index contributed by atoms with van der Waals surface area (Å²) >= 11 is 0. The van der Waals surface area contributed by atoms with E-state index in [-0.39, 0.29) is 11.3 Å². The maximum Gasteiger partial charge on any atom is 0.230 e. The Balaban J connectivity index is 2.47. The Hall–Kier alpha value is -0.650. The Morgan fingerprint density at radius 3 is 1.70 bits per heavy atom. The van der Waals surface area contributed by atoms with Gasteiger partial charge in [0.15, 0.2) is 0 Å². The predicted octanol–water partition coefficient (Wildman–Crippen LogP) is 0.457. The molecule has 2 N–H and O–H groups in total. The summed E-state index contributed by atoms with van der Waals surface area (Å²) in [4.78, 5) is 19.0. The van der Waals surface area contributed by atoms with Gasteiger partial charge in [-0.15, -0.1) is 0 Å². The maximum atomic E-state index is 12.6. The molecule has 0 bridgehead atoms. The molecule has 1 saturated carbocycles. The normalized spacial score (nSPS) is 16.8. The van der Waals surface area contributed by atoms with E-state index in [1.54, 1.807) is 0 Å². The fourth-order valence-electron chi connectivity index (χ4n) is 2.46. The summed E-state index contributed by atoms with van der Waals surface area (Å²) in [7, 11) is 8.28. The van der Waals surface area contributed by atoms with Gasteiger partial charge in [-0.3, -0.25) is 4.79 Å². The first-order valence-corrected chi connectivity index (χ1v) is 7.70. The van der Waals surface area contributed by atoms with Gasteiger partial charge in [0, 0.05) is 19.6 Å². The fraction of sp³-hybridized carbons (Fsp3) is 0.933. The van der Waals surface area contributed by atoms with Gasteiger partial charge in [-0.05, 0) is 67.0 Å². The largest absolute Gasteiger partial charge is 0.342 e. The van der Waals surface area contributed by atoms with Gasteiger partial charge >= 0.3 is 0 Å². The van der Waals surface area contributed by atoms with E-state index in [0.717, 1.165) is 51.9 Å². The van der Waals surface area contributed by atoms with Crippen molar-refractivity contribution in [2.24, 2.45) is 11.1 Å². The number of hydrogen-bond donors (Lipinski definition) is 1. The third-order valence-electron chi connectivity index (χ3n) is 4.05. The summed E-state index contributed by atoms with van der Waals surface area (Å²) in [5.74, 6) is 0.289. The van der Waals surface area contributed by atoms with Crippen LogP contribution in [0.15, 0.2) is 0 Å².